The van der Waals surface area contributed by atoms with E-state index in [-0.39, 0.29) is 16.7 Å². The smallest absolute Gasteiger partial charge is 0.121 e. The number of aliphatic hydroxyl groups is 2. The first-order chi connectivity index (χ1) is 8.36. The summed E-state index contributed by atoms with van der Waals surface area (Å²) in [6.07, 6.45) is 1.33. The van der Waals surface area contributed by atoms with Gasteiger partial charge in [-0.3, -0.25) is 0 Å². The molecular weight excluding hydrogens is 224 g/mol. The highest BCUT2D eigenvalue weighted by Crippen LogP contribution is 2.72. The summed E-state index contributed by atoms with van der Waals surface area (Å²) in [6.45, 7) is 6.51. The van der Waals surface area contributed by atoms with Crippen molar-refractivity contribution < 1.29 is 10.2 Å². The first-order valence-electron chi connectivity index (χ1n) is 6.81. The van der Waals surface area contributed by atoms with Crippen molar-refractivity contribution >= 4 is 0 Å². The van der Waals surface area contributed by atoms with Gasteiger partial charge in [0.2, 0.25) is 0 Å². The van der Waals surface area contributed by atoms with Gasteiger partial charge in [0.15, 0.2) is 0 Å². The minimum atomic E-state index is -1.11. The van der Waals surface area contributed by atoms with E-state index >= 15 is 0 Å². The van der Waals surface area contributed by atoms with Crippen molar-refractivity contribution in [1.82, 2.24) is 0 Å². The van der Waals surface area contributed by atoms with E-state index in [0.717, 1.165) is 18.4 Å². The number of hydrogen-bond donors (Lipinski definition) is 2. The van der Waals surface area contributed by atoms with Crippen LogP contribution < -0.4 is 0 Å². The lowest BCUT2D eigenvalue weighted by atomic mass is 9.62. The summed E-state index contributed by atoms with van der Waals surface area (Å²) in [5.41, 5.74) is -0.543. The lowest BCUT2D eigenvalue weighted by Gasteiger charge is -2.46. The Balaban J connectivity index is 2.19. The van der Waals surface area contributed by atoms with Gasteiger partial charge in [-0.05, 0) is 29.7 Å². The predicted molar refractivity (Wildman–Crippen MR) is 71.0 cm³/mol. The maximum absolute atomic E-state index is 11.3. The van der Waals surface area contributed by atoms with Gasteiger partial charge in [-0.2, -0.15) is 0 Å². The van der Waals surface area contributed by atoms with Crippen LogP contribution in [0, 0.1) is 16.7 Å². The molecule has 2 fully saturated rings. The van der Waals surface area contributed by atoms with E-state index in [2.05, 4.69) is 20.8 Å². The Kier molecular flexibility index (Phi) is 2.28. The summed E-state index contributed by atoms with van der Waals surface area (Å²) in [7, 11) is 0. The fourth-order valence-corrected chi connectivity index (χ4v) is 4.57. The minimum absolute atomic E-state index is 0.0307. The monoisotopic (exact) mass is 246 g/mol. The molecule has 0 unspecified atom stereocenters. The number of rotatable bonds is 1. The van der Waals surface area contributed by atoms with Gasteiger partial charge >= 0.3 is 0 Å². The summed E-state index contributed by atoms with van der Waals surface area (Å²) in [4.78, 5) is 0. The molecule has 0 amide bonds. The zero-order valence-electron chi connectivity index (χ0n) is 11.4. The van der Waals surface area contributed by atoms with Crippen LogP contribution in [-0.4, -0.2) is 16.3 Å². The van der Waals surface area contributed by atoms with Gasteiger partial charge in [0, 0.05) is 5.41 Å². The molecule has 0 spiro atoms. The quantitative estimate of drug-likeness (QED) is 0.800. The van der Waals surface area contributed by atoms with Gasteiger partial charge in [-0.15, -0.1) is 0 Å². The molecule has 0 saturated heterocycles. The molecule has 0 aliphatic heterocycles. The second-order valence-electron chi connectivity index (χ2n) is 6.78. The second-order valence-corrected chi connectivity index (χ2v) is 6.78. The third-order valence-corrected chi connectivity index (χ3v) is 6.17. The summed E-state index contributed by atoms with van der Waals surface area (Å²) < 4.78 is 0. The number of aliphatic hydroxyl groups excluding tert-OH is 1. The zero-order valence-corrected chi connectivity index (χ0v) is 11.4. The van der Waals surface area contributed by atoms with Crippen molar-refractivity contribution in [3.63, 3.8) is 0 Å². The molecule has 4 atom stereocenters. The summed E-state index contributed by atoms with van der Waals surface area (Å²) in [5, 5.41) is 21.9. The van der Waals surface area contributed by atoms with Crippen LogP contribution in [0.4, 0.5) is 0 Å². The first kappa shape index (κ1) is 12.2. The van der Waals surface area contributed by atoms with Crippen LogP contribution in [0.15, 0.2) is 30.3 Å². The molecule has 0 aromatic heterocycles. The van der Waals surface area contributed by atoms with Crippen LogP contribution in [0.3, 0.4) is 0 Å². The van der Waals surface area contributed by atoms with Crippen molar-refractivity contribution in [3.05, 3.63) is 35.9 Å². The van der Waals surface area contributed by atoms with E-state index in [9.17, 15) is 10.2 Å². The molecule has 2 N–H and O–H groups in total. The van der Waals surface area contributed by atoms with Crippen molar-refractivity contribution in [1.29, 1.82) is 0 Å². The highest BCUT2D eigenvalue weighted by atomic mass is 16.3. The summed E-state index contributed by atoms with van der Waals surface area (Å²) >= 11 is 0. The molecule has 0 radical (unpaired) electrons. The molecule has 1 aromatic rings. The van der Waals surface area contributed by atoms with E-state index in [1.54, 1.807) is 0 Å². The van der Waals surface area contributed by atoms with Gasteiger partial charge in [-0.1, -0.05) is 51.1 Å². The van der Waals surface area contributed by atoms with E-state index in [4.69, 9.17) is 0 Å². The summed E-state index contributed by atoms with van der Waals surface area (Å²) in [6, 6.07) is 9.68. The maximum Gasteiger partial charge on any atom is 0.121 e. The number of hydrogen-bond acceptors (Lipinski definition) is 2. The van der Waals surface area contributed by atoms with Crippen LogP contribution in [0.25, 0.3) is 0 Å². The van der Waals surface area contributed by atoms with Crippen LogP contribution in [0.5, 0.6) is 0 Å². The third kappa shape index (κ3) is 1.07. The average molecular weight is 246 g/mol. The Morgan fingerprint density at radius 2 is 1.72 bits per heavy atom. The molecule has 2 aliphatic carbocycles. The maximum atomic E-state index is 11.3. The standard InChI is InChI=1S/C16H22O2/c1-14(2)12-9-10-15(14,3)16(18,13(12)17)11-7-5-4-6-8-11/h4-8,12-13,17-18H,9-10H2,1-3H3/t12-,13-,15-,16+/m1/s1. The molecule has 2 heteroatoms. The van der Waals surface area contributed by atoms with E-state index < -0.39 is 11.7 Å². The average Bonchev–Trinajstić information content (AvgIpc) is 2.65. The highest BCUT2D eigenvalue weighted by molar-refractivity contribution is 5.34. The Morgan fingerprint density at radius 3 is 2.22 bits per heavy atom. The predicted octanol–water partition coefficient (Wildman–Crippen LogP) is 2.69. The molecule has 18 heavy (non-hydrogen) atoms. The van der Waals surface area contributed by atoms with Crippen LogP contribution in [0.2, 0.25) is 0 Å². The lowest BCUT2D eigenvalue weighted by Crippen LogP contribution is -2.50. The largest absolute Gasteiger partial charge is 0.389 e. The van der Waals surface area contributed by atoms with Gasteiger partial charge in [0.1, 0.15) is 5.60 Å². The molecule has 2 bridgehead atoms. The topological polar surface area (TPSA) is 40.5 Å². The fraction of sp³-hybridized carbons (Fsp3) is 0.625. The third-order valence-electron chi connectivity index (χ3n) is 6.17. The van der Waals surface area contributed by atoms with E-state index in [1.807, 2.05) is 30.3 Å². The molecule has 2 nitrogen and oxygen atoms in total. The molecule has 98 valence electrons. The highest BCUT2D eigenvalue weighted by Gasteiger charge is 2.73. The molecule has 2 aliphatic rings. The SMILES string of the molecule is CC1(C)[C@@H]2CC[C@@]1(C)[C@](O)(c1ccccc1)[C@@H]2O. The van der Waals surface area contributed by atoms with Crippen LogP contribution in [0.1, 0.15) is 39.2 Å². The fourth-order valence-electron chi connectivity index (χ4n) is 4.57. The summed E-state index contributed by atoms with van der Waals surface area (Å²) in [5.74, 6) is 0.188. The van der Waals surface area contributed by atoms with Gasteiger partial charge < -0.3 is 10.2 Å². The molecule has 0 heterocycles. The lowest BCUT2D eigenvalue weighted by molar-refractivity contribution is -0.154. The first-order valence-corrected chi connectivity index (χ1v) is 6.81. The number of fused-ring (bicyclic) bond motifs is 2. The molecule has 1 aromatic carbocycles. The molecule has 2 saturated carbocycles. The van der Waals surface area contributed by atoms with Gasteiger partial charge in [0.05, 0.1) is 6.10 Å². The van der Waals surface area contributed by atoms with Crippen molar-refractivity contribution in [2.45, 2.75) is 45.3 Å². The Labute approximate surface area is 109 Å². The van der Waals surface area contributed by atoms with E-state index in [0.29, 0.717) is 0 Å². The molecular formula is C16H22O2. The Bertz CT molecular complexity index is 467. The van der Waals surface area contributed by atoms with Crippen molar-refractivity contribution in [3.8, 4) is 0 Å². The minimum Gasteiger partial charge on any atom is -0.389 e. The molecule has 3 rings (SSSR count). The van der Waals surface area contributed by atoms with Crippen molar-refractivity contribution in [2.75, 3.05) is 0 Å². The number of benzene rings is 1. The van der Waals surface area contributed by atoms with Gasteiger partial charge in [-0.25, -0.2) is 0 Å². The van der Waals surface area contributed by atoms with Crippen LogP contribution in [-0.2, 0) is 5.60 Å². The normalized spacial score (nSPS) is 45.4. The second kappa shape index (κ2) is 3.37. The van der Waals surface area contributed by atoms with Gasteiger partial charge in [0.25, 0.3) is 0 Å². The van der Waals surface area contributed by atoms with E-state index in [1.165, 1.54) is 0 Å². The Hall–Kier alpha value is -0.860. The van der Waals surface area contributed by atoms with Crippen LogP contribution >= 0.6 is 0 Å². The van der Waals surface area contributed by atoms with Crippen molar-refractivity contribution in [2.24, 2.45) is 16.7 Å². The Morgan fingerprint density at radius 1 is 1.11 bits per heavy atom. The zero-order chi connectivity index (χ0) is 13.2.